The Morgan fingerprint density at radius 3 is 2.55 bits per heavy atom. The van der Waals surface area contributed by atoms with E-state index in [9.17, 15) is 15.0 Å². The highest BCUT2D eigenvalue weighted by atomic mass is 35.5. The summed E-state index contributed by atoms with van der Waals surface area (Å²) >= 11 is 13.0. The van der Waals surface area contributed by atoms with Gasteiger partial charge in [0.05, 0.1) is 33.9 Å². The average Bonchev–Trinajstić information content (AvgIpc) is 3.62. The number of hydrogen-bond acceptors (Lipinski definition) is 5. The maximum Gasteiger partial charge on any atom is 0.335 e. The summed E-state index contributed by atoms with van der Waals surface area (Å²) in [5.41, 5.74) is 0.725. The van der Waals surface area contributed by atoms with E-state index < -0.39 is 17.4 Å². The molecule has 200 valence electrons. The summed E-state index contributed by atoms with van der Waals surface area (Å²) in [7, 11) is 0. The van der Waals surface area contributed by atoms with Crippen LogP contribution in [0.25, 0.3) is 11.3 Å². The number of aromatic nitrogens is 1. The molecule has 2 bridgehead atoms. The van der Waals surface area contributed by atoms with Crippen molar-refractivity contribution < 1.29 is 28.7 Å². The minimum atomic E-state index is -1.37. The molecule has 9 heteroatoms. The molecule has 0 unspecified atom stereocenters. The molecule has 0 saturated heterocycles. The zero-order valence-corrected chi connectivity index (χ0v) is 22.3. The highest BCUT2D eigenvalue weighted by molar-refractivity contribution is 6.39. The molecule has 5 atom stereocenters. The van der Waals surface area contributed by atoms with Gasteiger partial charge in [0.2, 0.25) is 0 Å². The summed E-state index contributed by atoms with van der Waals surface area (Å²) in [6.45, 7) is 2.34. The lowest BCUT2D eigenvalue weighted by atomic mass is 9.68. The molecule has 6 rings (SSSR count). The van der Waals surface area contributed by atoms with E-state index in [4.69, 9.17) is 32.5 Å². The first-order valence-electron chi connectivity index (χ1n) is 13.0. The molecule has 3 aliphatic rings. The SMILES string of the molecule is C[C@H]1C[C@@H]2C[C@@H](OCc3c(-c4c(Cl)cccc4Cl)noc3C3CC3)C[C@H]1[C@]2(O)c1ccc(C(=O)O)cc1F. The summed E-state index contributed by atoms with van der Waals surface area (Å²) < 4.78 is 27.3. The van der Waals surface area contributed by atoms with Crippen LogP contribution in [-0.2, 0) is 16.9 Å². The molecule has 3 fully saturated rings. The number of carboxylic acid groups (broad SMARTS) is 1. The number of hydrogen-bond donors (Lipinski definition) is 2. The van der Waals surface area contributed by atoms with E-state index in [2.05, 4.69) is 12.1 Å². The van der Waals surface area contributed by atoms with Gasteiger partial charge >= 0.3 is 5.97 Å². The minimum absolute atomic E-state index is 0.137. The summed E-state index contributed by atoms with van der Waals surface area (Å²) in [5, 5.41) is 26.4. The molecule has 3 saturated carbocycles. The fourth-order valence-electron chi connectivity index (χ4n) is 6.69. The first-order valence-corrected chi connectivity index (χ1v) is 13.7. The first kappa shape index (κ1) is 25.8. The van der Waals surface area contributed by atoms with Crippen LogP contribution in [0.4, 0.5) is 4.39 Å². The van der Waals surface area contributed by atoms with Crippen LogP contribution in [0.3, 0.4) is 0 Å². The van der Waals surface area contributed by atoms with Crippen molar-refractivity contribution in [2.75, 3.05) is 0 Å². The molecule has 1 heterocycles. The Morgan fingerprint density at radius 1 is 1.18 bits per heavy atom. The van der Waals surface area contributed by atoms with Gasteiger partial charge < -0.3 is 19.5 Å². The molecule has 0 amide bonds. The zero-order valence-electron chi connectivity index (χ0n) is 20.8. The average molecular weight is 560 g/mol. The number of fused-ring (bicyclic) bond motifs is 2. The first-order chi connectivity index (χ1) is 18.2. The van der Waals surface area contributed by atoms with Gasteiger partial charge in [-0.05, 0) is 74.1 Å². The van der Waals surface area contributed by atoms with Crippen molar-refractivity contribution >= 4 is 29.2 Å². The molecule has 38 heavy (non-hydrogen) atoms. The van der Waals surface area contributed by atoms with Crippen molar-refractivity contribution in [1.29, 1.82) is 0 Å². The highest BCUT2D eigenvalue weighted by Crippen LogP contribution is 2.58. The molecule has 0 aliphatic heterocycles. The molecule has 0 spiro atoms. The van der Waals surface area contributed by atoms with Gasteiger partial charge in [-0.25, -0.2) is 9.18 Å². The fourth-order valence-corrected chi connectivity index (χ4v) is 7.27. The molecule has 3 aromatic rings. The van der Waals surface area contributed by atoms with Crippen LogP contribution in [0.5, 0.6) is 0 Å². The third-order valence-corrected chi connectivity index (χ3v) is 9.30. The second-order valence-corrected chi connectivity index (χ2v) is 11.8. The summed E-state index contributed by atoms with van der Waals surface area (Å²) in [6, 6.07) is 9.10. The minimum Gasteiger partial charge on any atom is -0.478 e. The van der Waals surface area contributed by atoms with Crippen molar-refractivity contribution in [2.24, 2.45) is 17.8 Å². The van der Waals surface area contributed by atoms with Crippen LogP contribution in [0, 0.1) is 23.6 Å². The van der Waals surface area contributed by atoms with Crippen LogP contribution < -0.4 is 0 Å². The molecular weight excluding hydrogens is 532 g/mol. The number of aromatic carboxylic acids is 1. The maximum absolute atomic E-state index is 15.1. The molecule has 6 nitrogen and oxygen atoms in total. The van der Waals surface area contributed by atoms with Crippen LogP contribution >= 0.6 is 23.2 Å². The van der Waals surface area contributed by atoms with Gasteiger partial charge in [-0.15, -0.1) is 0 Å². The lowest BCUT2D eigenvalue weighted by molar-refractivity contribution is -0.121. The summed E-state index contributed by atoms with van der Waals surface area (Å²) in [6.07, 6.45) is 3.77. The Kier molecular flexibility index (Phi) is 6.54. The number of halogens is 3. The van der Waals surface area contributed by atoms with Crippen LogP contribution in [0.2, 0.25) is 10.0 Å². The number of aliphatic hydroxyl groups is 1. The maximum atomic E-state index is 15.1. The molecule has 2 aromatic carbocycles. The largest absolute Gasteiger partial charge is 0.478 e. The molecular formula is C29H28Cl2FNO5. The standard InChI is InChI=1S/C29H28Cl2FNO5/c1-14-9-17-11-18(12-21(14)29(17,36)20-8-7-16(28(34)35)10-24(20)32)37-13-19-26(33-38-27(19)15-5-6-15)25-22(30)3-2-4-23(25)31/h2-4,7-8,10,14-15,17-18,21,36H,5-6,9,11-13H2,1H3,(H,34,35)/t14-,17+,18+,21+,29+/m0/s1. The van der Waals surface area contributed by atoms with Gasteiger partial charge in [-0.1, -0.05) is 47.4 Å². The Labute approximate surface area is 229 Å². The Bertz CT molecular complexity index is 1390. The van der Waals surface area contributed by atoms with Gasteiger partial charge in [0.25, 0.3) is 0 Å². The summed E-state index contributed by atoms with van der Waals surface area (Å²) in [4.78, 5) is 11.3. The fraction of sp³-hybridized carbons (Fsp3) is 0.448. The van der Waals surface area contributed by atoms with Gasteiger partial charge in [0.1, 0.15) is 17.3 Å². The van der Waals surface area contributed by atoms with E-state index >= 15 is 4.39 Å². The highest BCUT2D eigenvalue weighted by Gasteiger charge is 2.58. The van der Waals surface area contributed by atoms with Crippen molar-refractivity contribution in [1.82, 2.24) is 5.16 Å². The van der Waals surface area contributed by atoms with Crippen molar-refractivity contribution in [3.05, 3.63) is 74.7 Å². The van der Waals surface area contributed by atoms with Crippen molar-refractivity contribution in [3.8, 4) is 11.3 Å². The zero-order chi connectivity index (χ0) is 26.8. The monoisotopic (exact) mass is 559 g/mol. The Hall–Kier alpha value is -2.45. The second-order valence-electron chi connectivity index (χ2n) is 11.0. The number of nitrogens with zero attached hydrogens (tertiary/aromatic N) is 1. The number of carbonyl (C=O) groups is 1. The quantitative estimate of drug-likeness (QED) is 0.318. The van der Waals surface area contributed by atoms with Crippen LogP contribution in [0.1, 0.15) is 72.2 Å². The number of ether oxygens (including phenoxy) is 1. The predicted molar refractivity (Wildman–Crippen MR) is 140 cm³/mol. The second kappa shape index (κ2) is 9.63. The van der Waals surface area contributed by atoms with E-state index in [1.54, 1.807) is 18.2 Å². The van der Waals surface area contributed by atoms with E-state index in [1.807, 2.05) is 0 Å². The normalized spacial score (nSPS) is 28.6. The number of carboxylic acids is 1. The van der Waals surface area contributed by atoms with Gasteiger partial charge in [-0.2, -0.15) is 0 Å². The van der Waals surface area contributed by atoms with Gasteiger partial charge in [-0.3, -0.25) is 0 Å². The van der Waals surface area contributed by atoms with Crippen molar-refractivity contribution in [2.45, 2.75) is 63.3 Å². The van der Waals surface area contributed by atoms with E-state index in [0.717, 1.165) is 36.7 Å². The lowest BCUT2D eigenvalue weighted by Gasteiger charge is -2.43. The van der Waals surface area contributed by atoms with Crippen LogP contribution in [-0.4, -0.2) is 27.4 Å². The third-order valence-electron chi connectivity index (χ3n) is 8.67. The molecule has 0 radical (unpaired) electrons. The summed E-state index contributed by atoms with van der Waals surface area (Å²) in [5.74, 6) is -1.05. The van der Waals surface area contributed by atoms with Gasteiger partial charge in [0.15, 0.2) is 0 Å². The lowest BCUT2D eigenvalue weighted by Crippen LogP contribution is -2.46. The smallest absolute Gasteiger partial charge is 0.335 e. The Balaban J connectivity index is 1.25. The van der Waals surface area contributed by atoms with Gasteiger partial charge in [0, 0.05) is 22.6 Å². The number of benzene rings is 2. The molecule has 2 N–H and O–H groups in total. The van der Waals surface area contributed by atoms with Crippen molar-refractivity contribution in [3.63, 3.8) is 0 Å². The van der Waals surface area contributed by atoms with Crippen LogP contribution in [0.15, 0.2) is 40.9 Å². The van der Waals surface area contributed by atoms with E-state index in [1.165, 1.54) is 12.1 Å². The molecule has 1 aromatic heterocycles. The third kappa shape index (κ3) is 4.24. The van der Waals surface area contributed by atoms with E-state index in [0.29, 0.717) is 40.1 Å². The topological polar surface area (TPSA) is 92.8 Å². The Morgan fingerprint density at radius 2 is 1.92 bits per heavy atom. The predicted octanol–water partition coefficient (Wildman–Crippen LogP) is 7.20. The molecule has 3 aliphatic carbocycles. The number of rotatable bonds is 7. The van der Waals surface area contributed by atoms with E-state index in [-0.39, 0.29) is 41.6 Å².